The van der Waals surface area contributed by atoms with E-state index in [1.807, 2.05) is 20.8 Å². The average Bonchev–Trinajstić information content (AvgIpc) is 3.39. The number of sulfonamides is 1. The Morgan fingerprint density at radius 1 is 1.18 bits per heavy atom. The fourth-order valence-electron chi connectivity index (χ4n) is 3.34. The van der Waals surface area contributed by atoms with Crippen LogP contribution >= 0.6 is 0 Å². The molecule has 4 rings (SSSR count). The molecule has 1 saturated carbocycles. The van der Waals surface area contributed by atoms with Crippen LogP contribution in [0.3, 0.4) is 0 Å². The van der Waals surface area contributed by atoms with E-state index in [1.165, 1.54) is 12.1 Å². The van der Waals surface area contributed by atoms with Gasteiger partial charge in [0.2, 0.25) is 17.6 Å². The molecule has 2 atom stereocenters. The van der Waals surface area contributed by atoms with Crippen molar-refractivity contribution in [3.05, 3.63) is 54.4 Å². The number of hydrogen-bond acceptors (Lipinski definition) is 7. The highest BCUT2D eigenvalue weighted by Gasteiger charge is 2.44. The van der Waals surface area contributed by atoms with Crippen molar-refractivity contribution in [1.29, 1.82) is 0 Å². The molecule has 2 unspecified atom stereocenters. The van der Waals surface area contributed by atoms with E-state index >= 15 is 0 Å². The van der Waals surface area contributed by atoms with Crippen LogP contribution < -0.4 is 15.8 Å². The van der Waals surface area contributed by atoms with Crippen molar-refractivity contribution in [1.82, 2.24) is 10.1 Å². The number of nitrogens with one attached hydrogen (secondary N) is 2. The van der Waals surface area contributed by atoms with Crippen molar-refractivity contribution in [2.24, 2.45) is 17.1 Å². The summed E-state index contributed by atoms with van der Waals surface area (Å²) in [7, 11) is -3.84. The molecule has 34 heavy (non-hydrogen) atoms. The zero-order valence-corrected chi connectivity index (χ0v) is 20.2. The summed E-state index contributed by atoms with van der Waals surface area (Å²) in [4.78, 5) is 16.7. The molecule has 3 aromatic rings. The molecule has 10 heteroatoms. The fourth-order valence-corrected chi connectivity index (χ4v) is 4.39. The van der Waals surface area contributed by atoms with E-state index in [1.54, 1.807) is 36.4 Å². The van der Waals surface area contributed by atoms with E-state index in [0.29, 0.717) is 28.7 Å². The third kappa shape index (κ3) is 5.13. The van der Waals surface area contributed by atoms with Crippen molar-refractivity contribution < 1.29 is 17.7 Å². The van der Waals surface area contributed by atoms with Crippen molar-refractivity contribution in [3.8, 4) is 11.4 Å². The van der Waals surface area contributed by atoms with Gasteiger partial charge in [0, 0.05) is 16.7 Å². The zero-order chi connectivity index (χ0) is 24.5. The number of rotatable bonds is 9. The second-order valence-electron chi connectivity index (χ2n) is 9.09. The number of nitrogens with zero attached hydrogens (tertiary/aromatic N) is 2. The smallest absolute Gasteiger partial charge is 0.261 e. The summed E-state index contributed by atoms with van der Waals surface area (Å²) >= 11 is 0. The van der Waals surface area contributed by atoms with Crippen LogP contribution in [0.2, 0.25) is 0 Å². The summed E-state index contributed by atoms with van der Waals surface area (Å²) in [6.45, 7) is 5.96. The molecule has 1 aromatic heterocycles. The van der Waals surface area contributed by atoms with Gasteiger partial charge in [0.25, 0.3) is 10.0 Å². The third-order valence-corrected chi connectivity index (χ3v) is 7.72. The Hall–Kier alpha value is -3.24. The first-order chi connectivity index (χ1) is 16.1. The number of carbonyl (C=O) groups is 1. The standard InChI is InChI=1S/C24H29N5O4S/c1-4-15(2)20(25)22-27-21(28-33-22)16-8-10-19(11-9-16)34(31,32)29-18-7-5-6-17(14-18)26-23(30)24(3)12-13-24/h5-11,14-15,20,29H,4,12-13,25H2,1-3H3,(H,26,30). The predicted octanol–water partition coefficient (Wildman–Crippen LogP) is 4.32. The lowest BCUT2D eigenvalue weighted by atomic mass is 10.0. The largest absolute Gasteiger partial charge is 0.337 e. The van der Waals surface area contributed by atoms with Crippen LogP contribution in [0.25, 0.3) is 11.4 Å². The van der Waals surface area contributed by atoms with E-state index in [-0.39, 0.29) is 28.2 Å². The minimum absolute atomic E-state index is 0.0576. The van der Waals surface area contributed by atoms with Gasteiger partial charge >= 0.3 is 0 Å². The summed E-state index contributed by atoms with van der Waals surface area (Å²) in [5.41, 5.74) is 7.33. The Kier molecular flexibility index (Phi) is 6.46. The first-order valence-electron chi connectivity index (χ1n) is 11.3. The SMILES string of the molecule is CCC(C)C(N)c1nc(-c2ccc(S(=O)(=O)Nc3cccc(NC(=O)C4(C)CC4)c3)cc2)no1. The number of nitrogens with two attached hydrogens (primary N) is 1. The molecule has 9 nitrogen and oxygen atoms in total. The Labute approximate surface area is 199 Å². The maximum absolute atomic E-state index is 12.9. The summed E-state index contributed by atoms with van der Waals surface area (Å²) in [5, 5.41) is 6.82. The molecule has 1 fully saturated rings. The highest BCUT2D eigenvalue weighted by Crippen LogP contribution is 2.45. The quantitative estimate of drug-likeness (QED) is 0.411. The molecule has 0 spiro atoms. The van der Waals surface area contributed by atoms with Crippen molar-refractivity contribution >= 4 is 27.3 Å². The lowest BCUT2D eigenvalue weighted by Crippen LogP contribution is -2.21. The molecular formula is C24H29N5O4S. The van der Waals surface area contributed by atoms with E-state index < -0.39 is 10.0 Å². The zero-order valence-electron chi connectivity index (χ0n) is 19.4. The topological polar surface area (TPSA) is 140 Å². The van der Waals surface area contributed by atoms with Crippen LogP contribution in [0.15, 0.2) is 57.9 Å². The van der Waals surface area contributed by atoms with Gasteiger partial charge in [0.15, 0.2) is 0 Å². The van der Waals surface area contributed by atoms with Crippen LogP contribution in [-0.4, -0.2) is 24.5 Å². The van der Waals surface area contributed by atoms with Crippen molar-refractivity contribution in [2.75, 3.05) is 10.0 Å². The maximum atomic E-state index is 12.9. The normalized spacial score (nSPS) is 16.5. The first-order valence-corrected chi connectivity index (χ1v) is 12.7. The fraction of sp³-hybridized carbons (Fsp3) is 0.375. The predicted molar refractivity (Wildman–Crippen MR) is 129 cm³/mol. The van der Waals surface area contributed by atoms with Crippen molar-refractivity contribution in [2.45, 2.75) is 51.0 Å². The van der Waals surface area contributed by atoms with Gasteiger partial charge in [-0.3, -0.25) is 9.52 Å². The van der Waals surface area contributed by atoms with E-state index in [9.17, 15) is 13.2 Å². The van der Waals surface area contributed by atoms with Crippen molar-refractivity contribution in [3.63, 3.8) is 0 Å². The number of anilines is 2. The van der Waals surface area contributed by atoms with E-state index in [2.05, 4.69) is 20.2 Å². The van der Waals surface area contributed by atoms with Gasteiger partial charge in [-0.25, -0.2) is 8.42 Å². The highest BCUT2D eigenvalue weighted by atomic mass is 32.2. The molecule has 4 N–H and O–H groups in total. The molecule has 180 valence electrons. The average molecular weight is 484 g/mol. The molecule has 1 aliphatic carbocycles. The lowest BCUT2D eigenvalue weighted by Gasteiger charge is -2.13. The van der Waals surface area contributed by atoms with Gasteiger partial charge in [-0.1, -0.05) is 38.4 Å². The summed E-state index contributed by atoms with van der Waals surface area (Å²) in [5.74, 6) is 0.831. The van der Waals surface area contributed by atoms with Gasteiger partial charge in [-0.15, -0.1) is 0 Å². The van der Waals surface area contributed by atoms with Crippen LogP contribution in [-0.2, 0) is 14.8 Å². The van der Waals surface area contributed by atoms with Gasteiger partial charge < -0.3 is 15.6 Å². The number of carbonyl (C=O) groups excluding carboxylic acids is 1. The Balaban J connectivity index is 1.46. The molecule has 1 amide bonds. The summed E-state index contributed by atoms with van der Waals surface area (Å²) in [6.07, 6.45) is 2.60. The molecule has 0 saturated heterocycles. The van der Waals surface area contributed by atoms with Crippen LogP contribution in [0.1, 0.15) is 52.0 Å². The number of aromatic nitrogens is 2. The maximum Gasteiger partial charge on any atom is 0.261 e. The van der Waals surface area contributed by atoms with Gasteiger partial charge in [0.1, 0.15) is 0 Å². The van der Waals surface area contributed by atoms with Crippen LogP contribution in [0, 0.1) is 11.3 Å². The number of hydrogen-bond donors (Lipinski definition) is 3. The number of amides is 1. The Bertz CT molecular complexity index is 1280. The summed E-state index contributed by atoms with van der Waals surface area (Å²) < 4.78 is 33.6. The second kappa shape index (κ2) is 9.19. The minimum atomic E-state index is -3.84. The molecule has 0 bridgehead atoms. The summed E-state index contributed by atoms with van der Waals surface area (Å²) in [6, 6.07) is 12.5. The van der Waals surface area contributed by atoms with Gasteiger partial charge in [0.05, 0.1) is 16.6 Å². The Morgan fingerprint density at radius 3 is 2.50 bits per heavy atom. The molecule has 0 radical (unpaired) electrons. The number of benzene rings is 2. The monoisotopic (exact) mass is 483 g/mol. The third-order valence-electron chi connectivity index (χ3n) is 6.33. The highest BCUT2D eigenvalue weighted by molar-refractivity contribution is 7.92. The van der Waals surface area contributed by atoms with Crippen LogP contribution in [0.5, 0.6) is 0 Å². The first kappa shape index (κ1) is 23.9. The molecular weight excluding hydrogens is 454 g/mol. The minimum Gasteiger partial charge on any atom is -0.337 e. The van der Waals surface area contributed by atoms with E-state index in [0.717, 1.165) is 19.3 Å². The Morgan fingerprint density at radius 2 is 1.85 bits per heavy atom. The van der Waals surface area contributed by atoms with Crippen LogP contribution in [0.4, 0.5) is 11.4 Å². The lowest BCUT2D eigenvalue weighted by molar-refractivity contribution is -0.120. The molecule has 1 heterocycles. The second-order valence-corrected chi connectivity index (χ2v) is 10.8. The van der Waals surface area contributed by atoms with E-state index in [4.69, 9.17) is 10.3 Å². The molecule has 2 aromatic carbocycles. The van der Waals surface area contributed by atoms with Gasteiger partial charge in [-0.2, -0.15) is 4.98 Å². The molecule has 0 aliphatic heterocycles. The molecule has 1 aliphatic rings. The van der Waals surface area contributed by atoms with Gasteiger partial charge in [-0.05, 0) is 61.2 Å².